The Balaban J connectivity index is 1.33. The lowest BCUT2D eigenvalue weighted by molar-refractivity contribution is 0.0746. The monoisotopic (exact) mass is 555 g/mol. The molecule has 0 aromatic heterocycles. The first-order valence-electron chi connectivity index (χ1n) is 12.8. The van der Waals surface area contributed by atoms with Gasteiger partial charge in [-0.05, 0) is 60.2 Å². The molecule has 4 aromatic rings. The Hall–Kier alpha value is -3.94. The molecule has 0 spiro atoms. The molecular formula is C31H26ClN3O3S. The van der Waals surface area contributed by atoms with Crippen LogP contribution in [0, 0.1) is 0 Å². The lowest BCUT2D eigenvalue weighted by atomic mass is 10.1. The zero-order chi connectivity index (χ0) is 26.9. The number of carbonyl (C=O) groups excluding carboxylic acids is 2. The number of amides is 2. The molecule has 0 unspecified atom stereocenters. The van der Waals surface area contributed by atoms with E-state index in [-0.39, 0.29) is 18.4 Å². The number of fused-ring (bicyclic) bond motifs is 2. The predicted octanol–water partition coefficient (Wildman–Crippen LogP) is 5.63. The molecule has 0 saturated carbocycles. The van der Waals surface area contributed by atoms with Gasteiger partial charge in [-0.1, -0.05) is 54.1 Å². The van der Waals surface area contributed by atoms with Crippen molar-refractivity contribution in [2.24, 2.45) is 0 Å². The minimum Gasteiger partial charge on any atom is -0.368 e. The van der Waals surface area contributed by atoms with E-state index >= 15 is 0 Å². The smallest absolute Gasteiger partial charge is 0.259 e. The number of halogens is 1. The summed E-state index contributed by atoms with van der Waals surface area (Å²) in [6.45, 7) is 2.91. The quantitative estimate of drug-likeness (QED) is 0.327. The molecule has 2 aliphatic heterocycles. The van der Waals surface area contributed by atoms with Gasteiger partial charge in [-0.15, -0.1) is 0 Å². The second-order valence-electron chi connectivity index (χ2n) is 9.58. The molecule has 6 nitrogen and oxygen atoms in total. The predicted molar refractivity (Wildman–Crippen MR) is 154 cm³/mol. The Morgan fingerprint density at radius 2 is 1.49 bits per heavy atom. The van der Waals surface area contributed by atoms with Crippen LogP contribution in [0.4, 0.5) is 11.4 Å². The van der Waals surface area contributed by atoms with Gasteiger partial charge in [0.2, 0.25) is 0 Å². The number of benzene rings is 4. The van der Waals surface area contributed by atoms with Crippen LogP contribution < -0.4 is 9.80 Å². The highest BCUT2D eigenvalue weighted by molar-refractivity contribution is 7.85. The van der Waals surface area contributed by atoms with E-state index in [1.807, 2.05) is 35.2 Å². The molecule has 0 N–H and O–H groups in total. The van der Waals surface area contributed by atoms with E-state index < -0.39 is 10.8 Å². The fraction of sp³-hybridized carbons (Fsp3) is 0.161. The Morgan fingerprint density at radius 1 is 0.795 bits per heavy atom. The standard InChI is InChI=1S/C31H26ClN3O3S/c32-24-13-10-22(11-14-24)21-35-27-20-23(12-15-29(27)39(38)28-9-5-4-8-26(28)31(35)37)30(36)34-18-16-33(17-19-34)25-6-2-1-3-7-25/h1-15,20H,16-19,21H2/t39-/m0/s1. The number of hydrogen-bond donors (Lipinski definition) is 0. The van der Waals surface area contributed by atoms with Crippen molar-refractivity contribution in [1.82, 2.24) is 4.90 Å². The molecule has 1 saturated heterocycles. The molecule has 0 aliphatic carbocycles. The third-order valence-electron chi connectivity index (χ3n) is 7.20. The van der Waals surface area contributed by atoms with Gasteiger partial charge in [-0.2, -0.15) is 0 Å². The van der Waals surface area contributed by atoms with Gasteiger partial charge in [0.15, 0.2) is 0 Å². The van der Waals surface area contributed by atoms with E-state index in [0.717, 1.165) is 24.3 Å². The van der Waals surface area contributed by atoms with Gasteiger partial charge in [0.25, 0.3) is 11.8 Å². The van der Waals surface area contributed by atoms with Crippen molar-refractivity contribution in [3.05, 3.63) is 119 Å². The number of nitrogens with zero attached hydrogens (tertiary/aromatic N) is 3. The molecule has 4 aromatic carbocycles. The van der Waals surface area contributed by atoms with Crippen molar-refractivity contribution >= 4 is 45.6 Å². The van der Waals surface area contributed by atoms with Crippen LogP contribution in [-0.2, 0) is 17.3 Å². The zero-order valence-electron chi connectivity index (χ0n) is 21.1. The summed E-state index contributed by atoms with van der Waals surface area (Å²) in [4.78, 5) is 34.2. The van der Waals surface area contributed by atoms with Crippen LogP contribution in [0.2, 0.25) is 5.02 Å². The zero-order valence-corrected chi connectivity index (χ0v) is 22.7. The third-order valence-corrected chi connectivity index (χ3v) is 8.95. The molecule has 2 heterocycles. The molecule has 2 aliphatic rings. The molecule has 2 amide bonds. The number of para-hydroxylation sites is 1. The van der Waals surface area contributed by atoms with Gasteiger partial charge in [0.1, 0.15) is 0 Å². The molecule has 0 bridgehead atoms. The molecular weight excluding hydrogens is 530 g/mol. The number of anilines is 2. The van der Waals surface area contributed by atoms with Crippen molar-refractivity contribution in [2.45, 2.75) is 16.3 Å². The van der Waals surface area contributed by atoms with E-state index in [1.54, 1.807) is 59.5 Å². The van der Waals surface area contributed by atoms with E-state index in [9.17, 15) is 13.8 Å². The van der Waals surface area contributed by atoms with Crippen molar-refractivity contribution in [1.29, 1.82) is 0 Å². The molecule has 39 heavy (non-hydrogen) atoms. The van der Waals surface area contributed by atoms with E-state index in [2.05, 4.69) is 17.0 Å². The maximum atomic E-state index is 13.8. The van der Waals surface area contributed by atoms with E-state index in [1.165, 1.54) is 0 Å². The van der Waals surface area contributed by atoms with Crippen molar-refractivity contribution in [3.63, 3.8) is 0 Å². The summed E-state index contributed by atoms with van der Waals surface area (Å²) >= 11 is 6.08. The van der Waals surface area contributed by atoms with Crippen LogP contribution in [-0.4, -0.2) is 47.1 Å². The van der Waals surface area contributed by atoms with Crippen molar-refractivity contribution in [2.75, 3.05) is 36.0 Å². The Kier molecular flexibility index (Phi) is 6.94. The van der Waals surface area contributed by atoms with E-state index in [0.29, 0.717) is 44.7 Å². The number of piperazine rings is 1. The molecule has 1 atom stereocenters. The fourth-order valence-electron chi connectivity index (χ4n) is 5.11. The lowest BCUT2D eigenvalue weighted by Crippen LogP contribution is -2.48. The summed E-state index contributed by atoms with van der Waals surface area (Å²) in [5.74, 6) is -0.356. The summed E-state index contributed by atoms with van der Waals surface area (Å²) in [6.07, 6.45) is 0. The molecule has 196 valence electrons. The first-order chi connectivity index (χ1) is 19.0. The maximum Gasteiger partial charge on any atom is 0.259 e. The maximum absolute atomic E-state index is 13.8. The SMILES string of the molecule is O=C(c1ccc2c(c1)N(Cc1ccc(Cl)cc1)C(=O)c1ccccc1[S@@]2=O)N1CCN(c2ccccc2)CC1. The van der Waals surface area contributed by atoms with Gasteiger partial charge in [-0.3, -0.25) is 9.59 Å². The lowest BCUT2D eigenvalue weighted by Gasteiger charge is -2.36. The van der Waals surface area contributed by atoms with Gasteiger partial charge in [0, 0.05) is 42.5 Å². The first kappa shape index (κ1) is 25.3. The minimum atomic E-state index is -1.58. The number of hydrogen-bond acceptors (Lipinski definition) is 4. The average molecular weight is 556 g/mol. The van der Waals surface area contributed by atoms with Gasteiger partial charge in [0.05, 0.1) is 38.4 Å². The van der Waals surface area contributed by atoms with Gasteiger partial charge in [-0.25, -0.2) is 4.21 Å². The van der Waals surface area contributed by atoms with Crippen molar-refractivity contribution < 1.29 is 13.8 Å². The van der Waals surface area contributed by atoms with Gasteiger partial charge >= 0.3 is 0 Å². The topological polar surface area (TPSA) is 60.9 Å². The van der Waals surface area contributed by atoms with Crippen LogP contribution in [0.15, 0.2) is 107 Å². The van der Waals surface area contributed by atoms with E-state index in [4.69, 9.17) is 11.6 Å². The second kappa shape index (κ2) is 10.7. The number of carbonyl (C=O) groups is 2. The Labute approximate surface area is 234 Å². The van der Waals surface area contributed by atoms with Gasteiger partial charge < -0.3 is 14.7 Å². The van der Waals surface area contributed by atoms with Crippen LogP contribution in [0.25, 0.3) is 0 Å². The summed E-state index contributed by atoms with van der Waals surface area (Å²) in [5.41, 5.74) is 3.37. The summed E-state index contributed by atoms with van der Waals surface area (Å²) in [6, 6.07) is 29.6. The average Bonchev–Trinajstić information content (AvgIpc) is 3.07. The van der Waals surface area contributed by atoms with Crippen LogP contribution in [0.3, 0.4) is 0 Å². The Bertz CT molecular complexity index is 1570. The second-order valence-corrected chi connectivity index (χ2v) is 11.4. The summed E-state index contributed by atoms with van der Waals surface area (Å²) < 4.78 is 13.7. The summed E-state index contributed by atoms with van der Waals surface area (Å²) in [7, 11) is -1.58. The van der Waals surface area contributed by atoms with Crippen LogP contribution in [0.1, 0.15) is 26.3 Å². The first-order valence-corrected chi connectivity index (χ1v) is 14.3. The molecule has 8 heteroatoms. The highest BCUT2D eigenvalue weighted by atomic mass is 35.5. The summed E-state index contributed by atoms with van der Waals surface area (Å²) in [5, 5.41) is 0.605. The minimum absolute atomic E-state index is 0.100. The Morgan fingerprint density at radius 3 is 2.23 bits per heavy atom. The number of rotatable bonds is 4. The third kappa shape index (κ3) is 4.95. The molecule has 0 radical (unpaired) electrons. The van der Waals surface area contributed by atoms with Crippen LogP contribution in [0.5, 0.6) is 0 Å². The largest absolute Gasteiger partial charge is 0.368 e. The highest BCUT2D eigenvalue weighted by Crippen LogP contribution is 2.36. The highest BCUT2D eigenvalue weighted by Gasteiger charge is 2.32. The normalized spacial score (nSPS) is 16.9. The van der Waals surface area contributed by atoms with Crippen molar-refractivity contribution in [3.8, 4) is 0 Å². The van der Waals surface area contributed by atoms with Crippen LogP contribution >= 0.6 is 11.6 Å². The molecule has 1 fully saturated rings. The fourth-order valence-corrected chi connectivity index (χ4v) is 6.59. The molecule has 6 rings (SSSR count).